The number of nitrogens with zero attached hydrogens (tertiary/aromatic N) is 4. The number of rotatable bonds is 6. The van der Waals surface area contributed by atoms with Crippen LogP contribution in [0, 0.1) is 6.57 Å². The standard InChI is InChI=1S/C24H25N5O6/c1-23(2)33-19-18(16-9-10-17-21(25)27-14-28-29(16)17)34-24(26-3,20(19)35-23)13-32-22(30)31-12-11-15-7-5-4-6-8-15/h4-10,14,18-20H,11-13H2,1-2H3,(H2,25,27,28)/t18-,19-,20-,24+/m0/s1. The van der Waals surface area contributed by atoms with Crippen LogP contribution in [0.15, 0.2) is 48.8 Å². The van der Waals surface area contributed by atoms with Crippen LogP contribution in [0.3, 0.4) is 0 Å². The summed E-state index contributed by atoms with van der Waals surface area (Å²) in [5.41, 5.74) is 6.57. The van der Waals surface area contributed by atoms with Crippen LogP contribution < -0.4 is 5.73 Å². The zero-order chi connectivity index (χ0) is 24.6. The van der Waals surface area contributed by atoms with Gasteiger partial charge in [-0.15, -0.1) is 0 Å². The molecular formula is C24H25N5O6. The van der Waals surface area contributed by atoms with Crippen molar-refractivity contribution in [2.75, 3.05) is 18.9 Å². The van der Waals surface area contributed by atoms with Crippen LogP contribution in [0.25, 0.3) is 10.4 Å². The molecule has 3 aromatic rings. The van der Waals surface area contributed by atoms with E-state index in [9.17, 15) is 4.79 Å². The van der Waals surface area contributed by atoms with Crippen LogP contribution in [-0.2, 0) is 30.1 Å². The van der Waals surface area contributed by atoms with Gasteiger partial charge in [0.15, 0.2) is 17.7 Å². The van der Waals surface area contributed by atoms with E-state index in [-0.39, 0.29) is 6.61 Å². The fraction of sp³-hybridized carbons (Fsp3) is 0.417. The normalized spacial score (nSPS) is 26.8. The number of ether oxygens (including phenoxy) is 5. The molecule has 0 aliphatic carbocycles. The highest BCUT2D eigenvalue weighted by Crippen LogP contribution is 2.50. The van der Waals surface area contributed by atoms with Crippen LogP contribution in [0.4, 0.5) is 10.6 Å². The summed E-state index contributed by atoms with van der Waals surface area (Å²) >= 11 is 0. The van der Waals surface area contributed by atoms with Gasteiger partial charge in [0.25, 0.3) is 0 Å². The highest BCUT2D eigenvalue weighted by atomic mass is 16.8. The summed E-state index contributed by atoms with van der Waals surface area (Å²) in [6.07, 6.45) is -1.20. The third-order valence-electron chi connectivity index (χ3n) is 6.05. The molecule has 0 bridgehead atoms. The van der Waals surface area contributed by atoms with Gasteiger partial charge in [-0.25, -0.2) is 20.9 Å². The first-order chi connectivity index (χ1) is 16.8. The number of hydrogen-bond donors (Lipinski definition) is 1. The minimum absolute atomic E-state index is 0.146. The minimum atomic E-state index is -1.63. The Morgan fingerprint density at radius 3 is 2.74 bits per heavy atom. The molecule has 35 heavy (non-hydrogen) atoms. The van der Waals surface area contributed by atoms with Crippen molar-refractivity contribution in [2.24, 2.45) is 0 Å². The molecule has 0 unspecified atom stereocenters. The van der Waals surface area contributed by atoms with Crippen molar-refractivity contribution in [1.82, 2.24) is 14.6 Å². The summed E-state index contributed by atoms with van der Waals surface area (Å²) in [4.78, 5) is 20.0. The lowest BCUT2D eigenvalue weighted by molar-refractivity contribution is -0.208. The molecule has 2 N–H and O–H groups in total. The molecule has 2 aliphatic heterocycles. The number of carbonyl (C=O) groups is 1. The second kappa shape index (κ2) is 8.81. The van der Waals surface area contributed by atoms with Gasteiger partial charge in [0.1, 0.15) is 24.1 Å². The van der Waals surface area contributed by atoms with Crippen LogP contribution in [0.1, 0.15) is 31.2 Å². The fourth-order valence-corrected chi connectivity index (χ4v) is 4.47. The molecule has 2 fully saturated rings. The first-order valence-corrected chi connectivity index (χ1v) is 11.2. The Labute approximate surface area is 201 Å². The van der Waals surface area contributed by atoms with Crippen LogP contribution in [0.5, 0.6) is 0 Å². The van der Waals surface area contributed by atoms with E-state index in [4.69, 9.17) is 36.0 Å². The Morgan fingerprint density at radius 1 is 1.17 bits per heavy atom. The summed E-state index contributed by atoms with van der Waals surface area (Å²) in [6.45, 7) is 11.2. The lowest BCUT2D eigenvalue weighted by Gasteiger charge is -2.25. The van der Waals surface area contributed by atoms with Crippen LogP contribution >= 0.6 is 0 Å². The first-order valence-electron chi connectivity index (χ1n) is 11.2. The lowest BCUT2D eigenvalue weighted by Crippen LogP contribution is -2.45. The average Bonchev–Trinajstić information content (AvgIpc) is 3.49. The van der Waals surface area contributed by atoms with Gasteiger partial charge in [0, 0.05) is 6.42 Å². The molecule has 11 nitrogen and oxygen atoms in total. The van der Waals surface area contributed by atoms with Crippen molar-refractivity contribution in [3.05, 3.63) is 71.5 Å². The van der Waals surface area contributed by atoms with Crippen molar-refractivity contribution < 1.29 is 28.5 Å². The molecule has 11 heteroatoms. The molecule has 2 aromatic heterocycles. The maximum atomic E-state index is 12.3. The number of fused-ring (bicyclic) bond motifs is 2. The fourth-order valence-electron chi connectivity index (χ4n) is 4.47. The van der Waals surface area contributed by atoms with Crippen LogP contribution in [0.2, 0.25) is 0 Å². The number of nitrogen functional groups attached to an aromatic ring is 1. The molecular weight excluding hydrogens is 454 g/mol. The minimum Gasteiger partial charge on any atom is -0.434 e. The summed E-state index contributed by atoms with van der Waals surface area (Å²) < 4.78 is 30.5. The molecule has 2 aliphatic rings. The molecule has 0 saturated carbocycles. The Bertz CT molecular complexity index is 1270. The summed E-state index contributed by atoms with van der Waals surface area (Å²) in [6, 6.07) is 13.2. The average molecular weight is 479 g/mol. The summed E-state index contributed by atoms with van der Waals surface area (Å²) in [5.74, 6) is -0.660. The second-order valence-electron chi connectivity index (χ2n) is 8.84. The van der Waals surface area contributed by atoms with Gasteiger partial charge in [0.05, 0.1) is 12.3 Å². The van der Waals surface area contributed by atoms with Crippen molar-refractivity contribution in [3.8, 4) is 0 Å². The topological polar surface area (TPSA) is 124 Å². The van der Waals surface area contributed by atoms with Gasteiger partial charge in [-0.2, -0.15) is 5.10 Å². The van der Waals surface area contributed by atoms with Gasteiger partial charge in [-0.1, -0.05) is 30.3 Å². The lowest BCUT2D eigenvalue weighted by atomic mass is 10.0. The SMILES string of the molecule is [C-]#[N+][C@]1(COC(=O)OCCc2ccccc2)O[C@@H](c2ccc3c(N)ncnn23)[C@@H]2OC(C)(C)O[C@@H]21. The predicted octanol–water partition coefficient (Wildman–Crippen LogP) is 2.91. The van der Waals surface area contributed by atoms with Crippen molar-refractivity contribution >= 4 is 17.5 Å². The van der Waals surface area contributed by atoms with E-state index < -0.39 is 42.6 Å². The molecule has 4 atom stereocenters. The quantitative estimate of drug-likeness (QED) is 0.420. The van der Waals surface area contributed by atoms with Gasteiger partial charge >= 0.3 is 11.9 Å². The smallest absolute Gasteiger partial charge is 0.434 e. The number of aromatic nitrogens is 3. The molecule has 4 heterocycles. The Kier molecular flexibility index (Phi) is 5.80. The molecule has 0 amide bonds. The largest absolute Gasteiger partial charge is 0.508 e. The van der Waals surface area contributed by atoms with Gasteiger partial charge in [-0.05, 0) is 31.5 Å². The van der Waals surface area contributed by atoms with Gasteiger partial charge in [0.2, 0.25) is 6.61 Å². The van der Waals surface area contributed by atoms with E-state index in [1.165, 1.54) is 6.33 Å². The highest BCUT2D eigenvalue weighted by Gasteiger charge is 2.69. The Morgan fingerprint density at radius 2 is 1.97 bits per heavy atom. The van der Waals surface area contributed by atoms with Crippen molar-refractivity contribution in [2.45, 2.75) is 50.1 Å². The van der Waals surface area contributed by atoms with E-state index in [0.717, 1.165) is 5.56 Å². The van der Waals surface area contributed by atoms with E-state index in [1.807, 2.05) is 30.3 Å². The maximum Gasteiger partial charge on any atom is 0.508 e. The first kappa shape index (κ1) is 23.0. The highest BCUT2D eigenvalue weighted by molar-refractivity contribution is 5.65. The monoisotopic (exact) mass is 479 g/mol. The van der Waals surface area contributed by atoms with Crippen LogP contribution in [-0.4, -0.2) is 57.7 Å². The molecule has 5 rings (SSSR count). The molecule has 182 valence electrons. The van der Waals surface area contributed by atoms with Gasteiger partial charge < -0.3 is 24.7 Å². The molecule has 2 saturated heterocycles. The number of anilines is 1. The maximum absolute atomic E-state index is 12.3. The van der Waals surface area contributed by atoms with E-state index in [1.54, 1.807) is 30.5 Å². The molecule has 0 spiro atoms. The number of carbonyl (C=O) groups excluding carboxylic acids is 1. The van der Waals surface area contributed by atoms with E-state index in [0.29, 0.717) is 23.4 Å². The summed E-state index contributed by atoms with van der Waals surface area (Å²) in [7, 11) is 0. The third-order valence-corrected chi connectivity index (χ3v) is 6.05. The second-order valence-corrected chi connectivity index (χ2v) is 8.84. The number of benzene rings is 1. The molecule has 0 radical (unpaired) electrons. The van der Waals surface area contributed by atoms with E-state index >= 15 is 0 Å². The zero-order valence-electron chi connectivity index (χ0n) is 19.3. The third kappa shape index (κ3) is 4.27. The Balaban J connectivity index is 1.33. The van der Waals surface area contributed by atoms with E-state index in [2.05, 4.69) is 14.9 Å². The number of nitrogens with two attached hydrogens (primary N) is 1. The zero-order valence-corrected chi connectivity index (χ0v) is 19.3. The van der Waals surface area contributed by atoms with Gasteiger partial charge in [-0.3, -0.25) is 9.58 Å². The summed E-state index contributed by atoms with van der Waals surface area (Å²) in [5, 5.41) is 4.27. The Hall–Kier alpha value is -3.72. The molecule has 1 aromatic carbocycles. The van der Waals surface area contributed by atoms with Crippen molar-refractivity contribution in [3.63, 3.8) is 0 Å². The van der Waals surface area contributed by atoms with Crippen molar-refractivity contribution in [1.29, 1.82) is 0 Å². The predicted molar refractivity (Wildman–Crippen MR) is 122 cm³/mol. The number of hydrogen-bond acceptors (Lipinski definition) is 9.